The van der Waals surface area contributed by atoms with E-state index in [-0.39, 0.29) is 5.97 Å². The van der Waals surface area contributed by atoms with Gasteiger partial charge in [-0.05, 0) is 5.92 Å². The van der Waals surface area contributed by atoms with Gasteiger partial charge in [-0.2, -0.15) is 0 Å². The molecule has 0 saturated carbocycles. The normalized spacial score (nSPS) is 15.5. The third-order valence-electron chi connectivity index (χ3n) is 1.41. The van der Waals surface area contributed by atoms with E-state index in [4.69, 9.17) is 3.07 Å². The van der Waals surface area contributed by atoms with Crippen molar-refractivity contribution in [2.75, 3.05) is 0 Å². The maximum atomic E-state index is 10.9. The maximum absolute atomic E-state index is 10.9. The average Bonchev–Trinajstić information content (AvgIpc) is 2.43. The number of rotatable bonds is 0. The summed E-state index contributed by atoms with van der Waals surface area (Å²) in [6, 6.07) is 6.97. The van der Waals surface area contributed by atoms with Gasteiger partial charge >= 0.3 is 71.3 Å². The van der Waals surface area contributed by atoms with Crippen molar-refractivity contribution in [2.24, 2.45) is 5.92 Å². The summed E-state index contributed by atoms with van der Waals surface area (Å²) >= 11 is -2.52. The first-order valence-electron chi connectivity index (χ1n) is 4.73. The molecule has 0 aliphatic carbocycles. The van der Waals surface area contributed by atoms with E-state index in [0.29, 0.717) is 9.13 Å². The Balaban J connectivity index is 0.000000245. The molecule has 0 unspecified atom stereocenters. The fourth-order valence-corrected chi connectivity index (χ4v) is 3.18. The van der Waals surface area contributed by atoms with Crippen molar-refractivity contribution < 1.29 is 11.3 Å². The van der Waals surface area contributed by atoms with Crippen LogP contribution in [0.5, 0.6) is 0 Å². The third-order valence-corrected chi connectivity index (χ3v) is 4.16. The van der Waals surface area contributed by atoms with Gasteiger partial charge in [-0.25, -0.2) is 0 Å². The quantitative estimate of drug-likeness (QED) is 0.747. The van der Waals surface area contributed by atoms with Crippen molar-refractivity contribution in [3.8, 4) is 0 Å². The van der Waals surface area contributed by atoms with Gasteiger partial charge in [-0.3, -0.25) is 0 Å². The molecule has 0 spiro atoms. The van der Waals surface area contributed by atoms with E-state index in [1.165, 1.54) is 0 Å². The molecule has 1 aromatic carbocycles. The summed E-state index contributed by atoms with van der Waals surface area (Å²) in [6.07, 6.45) is 0. The number of fused-ring (bicyclic) bond motifs is 1. The number of benzene rings is 1. The Morgan fingerprint density at radius 3 is 2.33 bits per heavy atom. The molecule has 15 heavy (non-hydrogen) atoms. The van der Waals surface area contributed by atoms with Gasteiger partial charge in [-0.1, -0.05) is 20.8 Å². The first-order valence-corrected chi connectivity index (χ1v) is 7.65. The number of hydrogen-bond acceptors (Lipinski definition) is 3. The van der Waals surface area contributed by atoms with E-state index < -0.39 is 20.6 Å². The van der Waals surface area contributed by atoms with E-state index in [1.807, 2.05) is 0 Å². The number of halogens is 1. The predicted molar refractivity (Wildman–Crippen MR) is 67.3 cm³/mol. The van der Waals surface area contributed by atoms with Gasteiger partial charge in [0.05, 0.1) is 0 Å². The second-order valence-corrected chi connectivity index (χ2v) is 6.73. The summed E-state index contributed by atoms with van der Waals surface area (Å²) in [5.74, 6) is 0.452. The van der Waals surface area contributed by atoms with Crippen LogP contribution in [-0.2, 0) is 3.07 Å². The van der Waals surface area contributed by atoms with E-state index in [0.717, 1.165) is 5.92 Å². The fourth-order valence-electron chi connectivity index (χ4n) is 0.917. The Morgan fingerprint density at radius 1 is 1.27 bits per heavy atom. The molecule has 2 rings (SSSR count). The summed E-state index contributed by atoms with van der Waals surface area (Å²) in [7, 11) is 0. The first-order chi connectivity index (χ1) is 7.02. The molecule has 0 bridgehead atoms. The summed E-state index contributed by atoms with van der Waals surface area (Å²) in [4.78, 5) is 10.9. The standard InChI is InChI=1S/C7H5IO3.C4H10/c9-7-5-3-1-2-4-6(5)8(10)11-7;1-4(2)3/h1-4,10H;4H,1-3H3. The molecule has 0 saturated heterocycles. The molecule has 1 aliphatic heterocycles. The van der Waals surface area contributed by atoms with Crippen LogP contribution >= 0.6 is 20.6 Å². The Bertz CT molecular complexity index is 347. The van der Waals surface area contributed by atoms with Crippen LogP contribution in [0, 0.1) is 9.49 Å². The molecule has 1 aromatic rings. The molecule has 3 nitrogen and oxygen atoms in total. The molecule has 1 N–H and O–H groups in total. The molecule has 4 heteroatoms. The second kappa shape index (κ2) is 5.46. The fraction of sp³-hybridized carbons (Fsp3) is 0.364. The Morgan fingerprint density at radius 2 is 1.80 bits per heavy atom. The summed E-state index contributed by atoms with van der Waals surface area (Å²) in [5.41, 5.74) is 0.528. The van der Waals surface area contributed by atoms with Crippen LogP contribution < -0.4 is 0 Å². The zero-order chi connectivity index (χ0) is 11.4. The van der Waals surface area contributed by atoms with E-state index in [1.54, 1.807) is 24.3 Å². The molecule has 0 aromatic heterocycles. The Hall–Kier alpha value is -0.620. The van der Waals surface area contributed by atoms with E-state index in [9.17, 15) is 8.23 Å². The zero-order valence-corrected chi connectivity index (χ0v) is 11.2. The van der Waals surface area contributed by atoms with Crippen molar-refractivity contribution in [3.63, 3.8) is 0 Å². The van der Waals surface area contributed by atoms with Gasteiger partial charge in [0.1, 0.15) is 0 Å². The average molecular weight is 322 g/mol. The van der Waals surface area contributed by atoms with Crippen molar-refractivity contribution in [1.29, 1.82) is 0 Å². The Labute approximate surface area is 97.9 Å². The second-order valence-electron chi connectivity index (χ2n) is 3.81. The van der Waals surface area contributed by atoms with Crippen LogP contribution in [0.1, 0.15) is 31.1 Å². The minimum absolute atomic E-state index is 0.381. The van der Waals surface area contributed by atoms with Crippen LogP contribution in [0.15, 0.2) is 24.3 Å². The molecule has 0 radical (unpaired) electrons. The van der Waals surface area contributed by atoms with Crippen LogP contribution in [0.4, 0.5) is 0 Å². The van der Waals surface area contributed by atoms with Gasteiger partial charge in [0.15, 0.2) is 0 Å². The molecule has 0 atom stereocenters. The van der Waals surface area contributed by atoms with E-state index in [2.05, 4.69) is 20.8 Å². The van der Waals surface area contributed by atoms with Crippen LogP contribution in [0.2, 0.25) is 0 Å². The summed E-state index contributed by atoms with van der Waals surface area (Å²) in [6.45, 7) is 6.50. The third kappa shape index (κ3) is 3.46. The monoisotopic (exact) mass is 322 g/mol. The first kappa shape index (κ1) is 12.4. The van der Waals surface area contributed by atoms with Gasteiger partial charge in [0, 0.05) is 0 Å². The predicted octanol–water partition coefficient (Wildman–Crippen LogP) is 3.02. The zero-order valence-electron chi connectivity index (χ0n) is 9.03. The van der Waals surface area contributed by atoms with Crippen molar-refractivity contribution >= 4 is 26.6 Å². The minimum atomic E-state index is -2.52. The molecule has 84 valence electrons. The van der Waals surface area contributed by atoms with E-state index >= 15 is 0 Å². The van der Waals surface area contributed by atoms with Crippen LogP contribution in [-0.4, -0.2) is 9.41 Å². The molecular formula is C11H15IO3. The van der Waals surface area contributed by atoms with Crippen molar-refractivity contribution in [1.82, 2.24) is 0 Å². The van der Waals surface area contributed by atoms with Crippen LogP contribution in [0.3, 0.4) is 0 Å². The molecule has 1 heterocycles. The van der Waals surface area contributed by atoms with Crippen LogP contribution in [0.25, 0.3) is 0 Å². The molecule has 0 fully saturated rings. The van der Waals surface area contributed by atoms with Crippen molar-refractivity contribution in [2.45, 2.75) is 20.8 Å². The topological polar surface area (TPSA) is 46.5 Å². The molecule has 1 aliphatic rings. The molecule has 0 amide bonds. The molecular weight excluding hydrogens is 307 g/mol. The summed E-state index contributed by atoms with van der Waals surface area (Å²) < 4.78 is 14.7. The van der Waals surface area contributed by atoms with Crippen molar-refractivity contribution in [3.05, 3.63) is 33.4 Å². The number of carbonyl (C=O) groups excluding carboxylic acids is 1. The van der Waals surface area contributed by atoms with Gasteiger partial charge in [0.2, 0.25) is 0 Å². The number of hydrogen-bond donors (Lipinski definition) is 1. The number of carbonyl (C=O) groups is 1. The van der Waals surface area contributed by atoms with Gasteiger partial charge in [0.25, 0.3) is 0 Å². The van der Waals surface area contributed by atoms with Gasteiger partial charge < -0.3 is 0 Å². The Kier molecular flexibility index (Phi) is 4.53. The SMILES string of the molecule is CC(C)C.O=C1OI(O)c2ccccc21. The summed E-state index contributed by atoms with van der Waals surface area (Å²) in [5, 5.41) is 0. The van der Waals surface area contributed by atoms with Gasteiger partial charge in [-0.15, -0.1) is 0 Å².